The minimum Gasteiger partial charge on any atom is -0.748 e. The Morgan fingerprint density at radius 3 is 1.43 bits per heavy atom. The topological polar surface area (TPSA) is 86.7 Å². The van der Waals surface area contributed by atoms with Crippen molar-refractivity contribution in [3.05, 3.63) is 0 Å². The van der Waals surface area contributed by atoms with Gasteiger partial charge < -0.3 is 18.9 Å². The molecule has 0 aromatic carbocycles. The van der Waals surface area contributed by atoms with Gasteiger partial charge in [0.2, 0.25) is 0 Å². The van der Waals surface area contributed by atoms with Crippen molar-refractivity contribution in [2.24, 2.45) is 0 Å². The smallest absolute Gasteiger partial charge is 0.116 e. The molecule has 0 heterocycles. The Morgan fingerprint density at radius 2 is 1.09 bits per heavy atom. The summed E-state index contributed by atoms with van der Waals surface area (Å²) in [5.74, 6) is -0.731. The van der Waals surface area contributed by atoms with Crippen LogP contribution in [0.15, 0.2) is 0 Å². The van der Waals surface area contributed by atoms with Crippen molar-refractivity contribution < 1.29 is 27.3 Å². The van der Waals surface area contributed by atoms with E-state index in [2.05, 4.69) is 6.92 Å². The molecule has 0 spiro atoms. The Kier molecular flexibility index (Phi) is 21.7. The molecule has 0 aromatic rings. The lowest BCUT2D eigenvalue weighted by Crippen LogP contribution is -2.51. The molecule has 0 rings (SSSR count). The summed E-state index contributed by atoms with van der Waals surface area (Å²) in [5.41, 5.74) is 0. The molecular weight excluding hydrogens is 462 g/mol. The van der Waals surface area contributed by atoms with Crippen LogP contribution in [-0.2, 0) is 14.9 Å². The SMILES string of the molecule is CCCCCCCCCCCCCCCCCCCCC(C[N+](C)(C)CC(O)CS(=O)(=O)[O-])OC. The first-order chi connectivity index (χ1) is 16.6. The molecule has 1 N–H and O–H groups in total. The summed E-state index contributed by atoms with van der Waals surface area (Å²) in [7, 11) is 1.16. The van der Waals surface area contributed by atoms with Gasteiger partial charge in [0.15, 0.2) is 0 Å². The lowest BCUT2D eigenvalue weighted by Gasteiger charge is -2.34. The van der Waals surface area contributed by atoms with Crippen molar-refractivity contribution in [3.8, 4) is 0 Å². The van der Waals surface area contributed by atoms with E-state index in [1.807, 2.05) is 14.1 Å². The number of unbranched alkanes of at least 4 members (excludes halogenated alkanes) is 17. The summed E-state index contributed by atoms with van der Waals surface area (Å²) < 4.78 is 38.6. The first-order valence-electron chi connectivity index (χ1n) is 14.6. The Morgan fingerprint density at radius 1 is 0.714 bits per heavy atom. The van der Waals surface area contributed by atoms with Crippen molar-refractivity contribution in [2.75, 3.05) is 40.0 Å². The zero-order valence-electron chi connectivity index (χ0n) is 23.6. The fourth-order valence-corrected chi connectivity index (χ4v) is 5.62. The second kappa shape index (κ2) is 21.8. The number of ether oxygens (including phenoxy) is 1. The van der Waals surface area contributed by atoms with Crippen LogP contribution in [-0.4, -0.2) is 74.8 Å². The van der Waals surface area contributed by atoms with Gasteiger partial charge in [-0.05, 0) is 6.42 Å². The molecule has 2 unspecified atom stereocenters. The van der Waals surface area contributed by atoms with Gasteiger partial charge in [-0.15, -0.1) is 0 Å². The highest BCUT2D eigenvalue weighted by Gasteiger charge is 2.26. The molecule has 0 saturated heterocycles. The molecule has 35 heavy (non-hydrogen) atoms. The fraction of sp³-hybridized carbons (Fsp3) is 1.00. The molecule has 0 aliphatic rings. The highest BCUT2D eigenvalue weighted by molar-refractivity contribution is 7.85. The van der Waals surface area contributed by atoms with Gasteiger partial charge in [0.1, 0.15) is 25.3 Å². The summed E-state index contributed by atoms with van der Waals surface area (Å²) in [6.45, 7) is 3.19. The van der Waals surface area contributed by atoms with Gasteiger partial charge in [-0.3, -0.25) is 0 Å². The quantitative estimate of drug-likeness (QED) is 0.0806. The van der Waals surface area contributed by atoms with Crippen LogP contribution in [0.2, 0.25) is 0 Å². The van der Waals surface area contributed by atoms with Gasteiger partial charge in [-0.25, -0.2) is 8.42 Å². The molecule has 0 saturated carbocycles. The number of methoxy groups -OCH3 is 1. The Balaban J connectivity index is 3.60. The molecular formula is C28H59NO5S. The van der Waals surface area contributed by atoms with E-state index in [-0.39, 0.29) is 12.6 Å². The first kappa shape index (κ1) is 34.8. The summed E-state index contributed by atoms with van der Waals surface area (Å²) >= 11 is 0. The van der Waals surface area contributed by atoms with Crippen molar-refractivity contribution in [3.63, 3.8) is 0 Å². The van der Waals surface area contributed by atoms with Gasteiger partial charge in [-0.1, -0.05) is 122 Å². The summed E-state index contributed by atoms with van der Waals surface area (Å²) in [6, 6.07) is 0. The second-order valence-corrected chi connectivity index (χ2v) is 12.8. The van der Waals surface area contributed by atoms with E-state index in [4.69, 9.17) is 4.74 Å². The molecule has 0 aliphatic carbocycles. The van der Waals surface area contributed by atoms with Crippen molar-refractivity contribution in [2.45, 2.75) is 141 Å². The van der Waals surface area contributed by atoms with E-state index >= 15 is 0 Å². The zero-order chi connectivity index (χ0) is 26.4. The van der Waals surface area contributed by atoms with Crippen LogP contribution >= 0.6 is 0 Å². The molecule has 0 aromatic heterocycles. The van der Waals surface area contributed by atoms with E-state index in [1.165, 1.54) is 109 Å². The Labute approximate surface area is 218 Å². The van der Waals surface area contributed by atoms with Crippen molar-refractivity contribution >= 4 is 10.1 Å². The Hall–Kier alpha value is -0.210. The first-order valence-corrected chi connectivity index (χ1v) is 16.1. The maximum atomic E-state index is 10.8. The lowest BCUT2D eigenvalue weighted by atomic mass is 10.0. The largest absolute Gasteiger partial charge is 0.748 e. The molecule has 0 bridgehead atoms. The number of rotatable bonds is 26. The van der Waals surface area contributed by atoms with E-state index < -0.39 is 22.0 Å². The number of hydrogen-bond acceptors (Lipinski definition) is 5. The van der Waals surface area contributed by atoms with Gasteiger partial charge in [-0.2, -0.15) is 0 Å². The van der Waals surface area contributed by atoms with Gasteiger partial charge in [0, 0.05) is 7.11 Å². The van der Waals surface area contributed by atoms with Crippen LogP contribution in [0.3, 0.4) is 0 Å². The third kappa shape index (κ3) is 25.2. The molecule has 0 aliphatic heterocycles. The highest BCUT2D eigenvalue weighted by atomic mass is 32.2. The molecule has 0 radical (unpaired) electrons. The maximum Gasteiger partial charge on any atom is 0.116 e. The predicted octanol–water partition coefficient (Wildman–Crippen LogP) is 6.42. The van der Waals surface area contributed by atoms with E-state index in [9.17, 15) is 18.1 Å². The van der Waals surface area contributed by atoms with Crippen LogP contribution in [0.5, 0.6) is 0 Å². The summed E-state index contributed by atoms with van der Waals surface area (Å²) in [6.07, 6.45) is 24.5. The molecule has 0 amide bonds. The summed E-state index contributed by atoms with van der Waals surface area (Å²) in [4.78, 5) is 0. The number of aliphatic hydroxyl groups is 1. The van der Waals surface area contributed by atoms with Gasteiger partial charge in [0.25, 0.3) is 0 Å². The normalized spacial score (nSPS) is 14.3. The van der Waals surface area contributed by atoms with Gasteiger partial charge >= 0.3 is 0 Å². The van der Waals surface area contributed by atoms with Crippen molar-refractivity contribution in [1.82, 2.24) is 0 Å². The number of aliphatic hydroxyl groups excluding tert-OH is 1. The fourth-order valence-electron chi connectivity index (χ4n) is 5.04. The minimum atomic E-state index is -4.41. The number of nitrogens with zero attached hydrogens (tertiary/aromatic N) is 1. The van der Waals surface area contributed by atoms with E-state index in [0.717, 1.165) is 12.8 Å². The predicted molar refractivity (Wildman–Crippen MR) is 147 cm³/mol. The molecule has 7 heteroatoms. The molecule has 6 nitrogen and oxygen atoms in total. The molecule has 212 valence electrons. The van der Waals surface area contributed by atoms with Crippen LogP contribution in [0, 0.1) is 0 Å². The van der Waals surface area contributed by atoms with Gasteiger partial charge in [0.05, 0.1) is 30.0 Å². The number of quaternary nitrogens is 1. The lowest BCUT2D eigenvalue weighted by molar-refractivity contribution is -0.896. The van der Waals surface area contributed by atoms with Crippen LogP contribution in [0.4, 0.5) is 0 Å². The molecule has 2 atom stereocenters. The van der Waals surface area contributed by atoms with Crippen LogP contribution in [0.1, 0.15) is 129 Å². The van der Waals surface area contributed by atoms with Crippen molar-refractivity contribution in [1.29, 1.82) is 0 Å². The Bertz CT molecular complexity index is 568. The average molecular weight is 522 g/mol. The third-order valence-corrected chi connectivity index (χ3v) is 7.81. The monoisotopic (exact) mass is 521 g/mol. The molecule has 0 fully saturated rings. The number of hydrogen-bond donors (Lipinski definition) is 1. The average Bonchev–Trinajstić information content (AvgIpc) is 2.75. The third-order valence-electron chi connectivity index (χ3n) is 7.01. The zero-order valence-corrected chi connectivity index (χ0v) is 24.5. The van der Waals surface area contributed by atoms with Crippen LogP contribution in [0.25, 0.3) is 0 Å². The standard InChI is InChI=1S/C28H59NO5S/c1-5-6-7-8-9-10-11-12-13-14-15-16-17-18-19-20-21-22-23-28(34-4)25-29(2,3)24-27(30)26-35(31,32)33/h27-28,30H,5-26H2,1-4H3. The second-order valence-electron chi connectivity index (χ2n) is 11.3. The summed E-state index contributed by atoms with van der Waals surface area (Å²) in [5, 5.41) is 9.91. The van der Waals surface area contributed by atoms with E-state index in [1.54, 1.807) is 7.11 Å². The highest BCUT2D eigenvalue weighted by Crippen LogP contribution is 2.16. The maximum absolute atomic E-state index is 10.8. The van der Waals surface area contributed by atoms with Crippen LogP contribution < -0.4 is 0 Å². The van der Waals surface area contributed by atoms with E-state index in [0.29, 0.717) is 11.0 Å². The minimum absolute atomic E-state index is 0.0714. The number of likely N-dealkylation sites (N-methyl/N-ethyl adjacent to an activating group) is 1.